The number of benzene rings is 1. The van der Waals surface area contributed by atoms with Gasteiger partial charge in [-0.2, -0.15) is 0 Å². The van der Waals surface area contributed by atoms with Crippen molar-refractivity contribution in [1.82, 2.24) is 19.7 Å². The van der Waals surface area contributed by atoms with Crippen molar-refractivity contribution in [2.45, 2.75) is 43.9 Å². The highest BCUT2D eigenvalue weighted by molar-refractivity contribution is 7.99. The third kappa shape index (κ3) is 4.47. The summed E-state index contributed by atoms with van der Waals surface area (Å²) in [6, 6.07) is 12.5. The van der Waals surface area contributed by atoms with Crippen LogP contribution in [0.5, 0.6) is 0 Å². The third-order valence-corrected chi connectivity index (χ3v) is 6.93. The van der Waals surface area contributed by atoms with Gasteiger partial charge < -0.3 is 9.47 Å². The molecule has 1 amide bonds. The van der Waals surface area contributed by atoms with Crippen LogP contribution in [0.15, 0.2) is 46.9 Å². The largest absolute Gasteiger partial charge is 0.340 e. The van der Waals surface area contributed by atoms with Crippen LogP contribution in [0.4, 0.5) is 0 Å². The molecule has 0 bridgehead atoms. The van der Waals surface area contributed by atoms with Crippen LogP contribution < -0.4 is 0 Å². The lowest BCUT2D eigenvalue weighted by Gasteiger charge is -2.17. The van der Waals surface area contributed by atoms with Gasteiger partial charge in [0.2, 0.25) is 5.91 Å². The van der Waals surface area contributed by atoms with Crippen LogP contribution in [0.2, 0.25) is 0 Å². The minimum absolute atomic E-state index is 0.111. The fourth-order valence-corrected chi connectivity index (χ4v) is 4.92. The van der Waals surface area contributed by atoms with Gasteiger partial charge in [0.05, 0.1) is 18.8 Å². The van der Waals surface area contributed by atoms with Crippen molar-refractivity contribution in [3.8, 4) is 0 Å². The maximum absolute atomic E-state index is 12.6. The quantitative estimate of drug-likeness (QED) is 0.517. The smallest absolute Gasteiger partial charge is 0.233 e. The Hall–Kier alpha value is -2.12. The van der Waals surface area contributed by atoms with Crippen LogP contribution in [0.3, 0.4) is 0 Å². The van der Waals surface area contributed by atoms with Crippen molar-refractivity contribution in [3.05, 3.63) is 63.6 Å². The number of hydrogen-bond acceptors (Lipinski definition) is 5. The molecule has 28 heavy (non-hydrogen) atoms. The zero-order chi connectivity index (χ0) is 19.5. The molecule has 1 aliphatic rings. The lowest BCUT2D eigenvalue weighted by Crippen LogP contribution is -2.27. The Balaban J connectivity index is 1.43. The van der Waals surface area contributed by atoms with Gasteiger partial charge in [0.1, 0.15) is 5.82 Å². The van der Waals surface area contributed by atoms with Gasteiger partial charge in [-0.05, 0) is 42.3 Å². The second-order valence-corrected chi connectivity index (χ2v) is 9.20. The molecule has 1 aliphatic carbocycles. The second-order valence-electron chi connectivity index (χ2n) is 7.25. The number of aromatic nitrogens is 3. The van der Waals surface area contributed by atoms with Gasteiger partial charge in [-0.3, -0.25) is 4.79 Å². The Bertz CT molecular complexity index is 946. The highest BCUT2D eigenvalue weighted by atomic mass is 32.2. The molecule has 7 heteroatoms. The fourth-order valence-electron chi connectivity index (χ4n) is 3.07. The maximum atomic E-state index is 12.6. The Morgan fingerprint density at radius 3 is 2.71 bits per heavy atom. The molecule has 1 fully saturated rings. The molecule has 3 aromatic rings. The van der Waals surface area contributed by atoms with E-state index in [-0.39, 0.29) is 5.91 Å². The number of thiophene rings is 1. The molecule has 4 rings (SSSR count). The molecule has 0 saturated heterocycles. The molecule has 0 radical (unpaired) electrons. The number of rotatable bonds is 8. The van der Waals surface area contributed by atoms with E-state index in [2.05, 4.69) is 45.3 Å². The first-order chi connectivity index (χ1) is 13.6. The average molecular weight is 413 g/mol. The number of nitrogens with zero attached hydrogens (tertiary/aromatic N) is 4. The number of thioether (sulfide) groups is 1. The lowest BCUT2D eigenvalue weighted by atomic mass is 10.2. The van der Waals surface area contributed by atoms with Gasteiger partial charge in [0.15, 0.2) is 5.16 Å². The molecular weight excluding hydrogens is 388 g/mol. The van der Waals surface area contributed by atoms with Crippen LogP contribution in [0.25, 0.3) is 0 Å². The van der Waals surface area contributed by atoms with Crippen molar-refractivity contribution in [3.63, 3.8) is 0 Å². The molecule has 0 unspecified atom stereocenters. The summed E-state index contributed by atoms with van der Waals surface area (Å²) in [6.45, 7) is 3.50. The van der Waals surface area contributed by atoms with Gasteiger partial charge >= 0.3 is 0 Å². The van der Waals surface area contributed by atoms with E-state index in [0.29, 0.717) is 18.2 Å². The first-order valence-corrected chi connectivity index (χ1v) is 11.3. The summed E-state index contributed by atoms with van der Waals surface area (Å²) in [5.41, 5.74) is 2.47. The zero-order valence-corrected chi connectivity index (χ0v) is 17.8. The van der Waals surface area contributed by atoms with Gasteiger partial charge in [0.25, 0.3) is 0 Å². The predicted octanol–water partition coefficient (Wildman–Crippen LogP) is 4.32. The Kier molecular flexibility index (Phi) is 5.82. The maximum Gasteiger partial charge on any atom is 0.233 e. The minimum atomic E-state index is 0.111. The second kappa shape index (κ2) is 8.49. The van der Waals surface area contributed by atoms with Crippen molar-refractivity contribution >= 4 is 29.0 Å². The van der Waals surface area contributed by atoms with E-state index in [4.69, 9.17) is 0 Å². The van der Waals surface area contributed by atoms with Crippen molar-refractivity contribution < 1.29 is 4.79 Å². The van der Waals surface area contributed by atoms with Crippen LogP contribution >= 0.6 is 23.1 Å². The first kappa shape index (κ1) is 19.2. The Morgan fingerprint density at radius 1 is 1.25 bits per heavy atom. The number of carbonyl (C=O) groups is 1. The van der Waals surface area contributed by atoms with Gasteiger partial charge in [-0.1, -0.05) is 42.1 Å². The van der Waals surface area contributed by atoms with Crippen LogP contribution in [-0.2, 0) is 17.9 Å². The molecule has 0 spiro atoms. The molecule has 1 saturated carbocycles. The van der Waals surface area contributed by atoms with Crippen molar-refractivity contribution in [2.75, 3.05) is 12.8 Å². The summed E-state index contributed by atoms with van der Waals surface area (Å²) in [5, 5.41) is 11.7. The average Bonchev–Trinajstić information content (AvgIpc) is 3.36. The lowest BCUT2D eigenvalue weighted by molar-refractivity contribution is -0.127. The number of amides is 1. The molecule has 0 atom stereocenters. The predicted molar refractivity (Wildman–Crippen MR) is 114 cm³/mol. The number of aryl methyl sites for hydroxylation is 1. The van der Waals surface area contributed by atoms with E-state index in [0.717, 1.165) is 17.5 Å². The Labute approximate surface area is 173 Å². The van der Waals surface area contributed by atoms with Crippen LogP contribution in [0.1, 0.15) is 40.6 Å². The first-order valence-electron chi connectivity index (χ1n) is 9.48. The van der Waals surface area contributed by atoms with Crippen LogP contribution in [-0.4, -0.2) is 38.4 Å². The summed E-state index contributed by atoms with van der Waals surface area (Å²) < 4.78 is 2.19. The fraction of sp³-hybridized carbons (Fsp3) is 0.381. The molecule has 2 heterocycles. The SMILES string of the molecule is Cc1ccsc1CN(C)C(=O)CSc1nnc(C2CC2)n1Cc1ccccc1. The van der Waals surface area contributed by atoms with Gasteiger partial charge in [-0.15, -0.1) is 21.5 Å². The Morgan fingerprint density at radius 2 is 2.04 bits per heavy atom. The highest BCUT2D eigenvalue weighted by Crippen LogP contribution is 2.40. The van der Waals surface area contributed by atoms with Gasteiger partial charge in [-0.25, -0.2) is 0 Å². The van der Waals surface area contributed by atoms with E-state index in [1.165, 1.54) is 40.6 Å². The van der Waals surface area contributed by atoms with E-state index >= 15 is 0 Å². The molecule has 1 aromatic carbocycles. The summed E-state index contributed by atoms with van der Waals surface area (Å²) >= 11 is 3.19. The number of carbonyl (C=O) groups excluding carboxylic acids is 1. The monoisotopic (exact) mass is 412 g/mol. The number of hydrogen-bond donors (Lipinski definition) is 0. The highest BCUT2D eigenvalue weighted by Gasteiger charge is 2.30. The topological polar surface area (TPSA) is 51.0 Å². The van der Waals surface area contributed by atoms with Gasteiger partial charge in [0, 0.05) is 17.8 Å². The molecule has 0 N–H and O–H groups in total. The van der Waals surface area contributed by atoms with E-state index in [1.807, 2.05) is 25.2 Å². The van der Waals surface area contributed by atoms with Crippen LogP contribution in [0, 0.1) is 6.92 Å². The van der Waals surface area contributed by atoms with Crippen molar-refractivity contribution in [2.24, 2.45) is 0 Å². The van der Waals surface area contributed by atoms with E-state index in [1.54, 1.807) is 16.2 Å². The molecule has 0 aliphatic heterocycles. The summed E-state index contributed by atoms with van der Waals surface area (Å²) in [4.78, 5) is 15.7. The van der Waals surface area contributed by atoms with E-state index < -0.39 is 0 Å². The molecule has 2 aromatic heterocycles. The minimum Gasteiger partial charge on any atom is -0.340 e. The zero-order valence-electron chi connectivity index (χ0n) is 16.2. The van der Waals surface area contributed by atoms with Crippen molar-refractivity contribution in [1.29, 1.82) is 0 Å². The molecule has 146 valence electrons. The summed E-state index contributed by atoms with van der Waals surface area (Å²) in [7, 11) is 1.87. The molecular formula is C21H24N4OS2. The third-order valence-electron chi connectivity index (χ3n) is 4.97. The van der Waals surface area contributed by atoms with E-state index in [9.17, 15) is 4.79 Å². The molecule has 5 nitrogen and oxygen atoms in total. The standard InChI is InChI=1S/C21H24N4OS2/c1-15-10-11-27-18(15)13-24(2)19(26)14-28-21-23-22-20(17-8-9-17)25(21)12-16-6-4-3-5-7-16/h3-7,10-11,17H,8-9,12-14H2,1-2H3. The summed E-state index contributed by atoms with van der Waals surface area (Å²) in [5.74, 6) is 2.06. The summed E-state index contributed by atoms with van der Waals surface area (Å²) in [6.07, 6.45) is 2.36. The normalized spacial score (nSPS) is 13.6.